The third-order valence-electron chi connectivity index (χ3n) is 7.77. The fourth-order valence-corrected chi connectivity index (χ4v) is 5.84. The van der Waals surface area contributed by atoms with Gasteiger partial charge in [0.25, 0.3) is 0 Å². The fraction of sp³-hybridized carbons (Fsp3) is 0.406. The van der Waals surface area contributed by atoms with Crippen molar-refractivity contribution >= 4 is 5.91 Å². The lowest BCUT2D eigenvalue weighted by Gasteiger charge is -2.31. The highest BCUT2D eigenvalue weighted by molar-refractivity contribution is 5.83. The van der Waals surface area contributed by atoms with Gasteiger partial charge < -0.3 is 10.1 Å². The van der Waals surface area contributed by atoms with Gasteiger partial charge in [-0.2, -0.15) is 0 Å². The van der Waals surface area contributed by atoms with Crippen LogP contribution in [0.3, 0.4) is 0 Å². The van der Waals surface area contributed by atoms with Crippen molar-refractivity contribution in [2.24, 2.45) is 5.92 Å². The minimum absolute atomic E-state index is 0.0662. The number of hydrogen-bond acceptors (Lipinski definition) is 3. The molecule has 5 rings (SSSR count). The molecule has 0 bridgehead atoms. The highest BCUT2D eigenvalue weighted by Crippen LogP contribution is 2.30. The summed E-state index contributed by atoms with van der Waals surface area (Å²) in [5.41, 5.74) is 3.38. The predicted octanol–water partition coefficient (Wildman–Crippen LogP) is 6.13. The maximum Gasteiger partial charge on any atom is 0.238 e. The van der Waals surface area contributed by atoms with Crippen molar-refractivity contribution in [2.45, 2.75) is 63.3 Å². The number of likely N-dealkylation sites (tertiary alicyclic amines) is 1. The molecule has 188 valence electrons. The summed E-state index contributed by atoms with van der Waals surface area (Å²) < 4.78 is 6.34. The lowest BCUT2D eigenvalue weighted by atomic mass is 9.89. The van der Waals surface area contributed by atoms with Gasteiger partial charge in [0.15, 0.2) is 0 Å². The Morgan fingerprint density at radius 1 is 0.833 bits per heavy atom. The molecule has 1 saturated heterocycles. The Morgan fingerprint density at radius 3 is 2.03 bits per heavy atom. The third-order valence-corrected chi connectivity index (χ3v) is 7.77. The van der Waals surface area contributed by atoms with Crippen molar-refractivity contribution < 1.29 is 9.53 Å². The van der Waals surface area contributed by atoms with Crippen LogP contribution in [-0.4, -0.2) is 36.0 Å². The molecule has 2 aliphatic rings. The van der Waals surface area contributed by atoms with E-state index in [0.29, 0.717) is 12.5 Å². The van der Waals surface area contributed by atoms with Crippen molar-refractivity contribution in [3.8, 4) is 0 Å². The summed E-state index contributed by atoms with van der Waals surface area (Å²) in [6.45, 7) is 2.40. The van der Waals surface area contributed by atoms with E-state index in [-0.39, 0.29) is 24.1 Å². The van der Waals surface area contributed by atoms with Crippen LogP contribution in [0.1, 0.15) is 61.3 Å². The number of amides is 1. The van der Waals surface area contributed by atoms with Gasteiger partial charge in [-0.25, -0.2) is 0 Å². The molecule has 1 amide bonds. The molecule has 3 aromatic rings. The second-order valence-electron chi connectivity index (χ2n) is 10.4. The zero-order valence-corrected chi connectivity index (χ0v) is 21.1. The molecule has 36 heavy (non-hydrogen) atoms. The van der Waals surface area contributed by atoms with Crippen LogP contribution in [0.4, 0.5) is 0 Å². The van der Waals surface area contributed by atoms with Gasteiger partial charge in [-0.15, -0.1) is 0 Å². The second-order valence-corrected chi connectivity index (χ2v) is 10.4. The Morgan fingerprint density at radius 2 is 1.42 bits per heavy atom. The lowest BCUT2D eigenvalue weighted by Crippen LogP contribution is -2.46. The van der Waals surface area contributed by atoms with Gasteiger partial charge in [0, 0.05) is 13.1 Å². The average Bonchev–Trinajstić information content (AvgIpc) is 3.35. The first-order valence-electron chi connectivity index (χ1n) is 13.6. The Bertz CT molecular complexity index is 1030. The zero-order valence-electron chi connectivity index (χ0n) is 21.1. The van der Waals surface area contributed by atoms with E-state index < -0.39 is 0 Å². The van der Waals surface area contributed by atoms with Gasteiger partial charge in [-0.3, -0.25) is 9.69 Å². The lowest BCUT2D eigenvalue weighted by molar-refractivity contribution is -0.126. The van der Waals surface area contributed by atoms with Gasteiger partial charge in [0.1, 0.15) is 0 Å². The maximum atomic E-state index is 13.9. The molecule has 1 heterocycles. The minimum Gasteiger partial charge on any atom is -0.372 e. The van der Waals surface area contributed by atoms with Gasteiger partial charge in [0.05, 0.1) is 24.8 Å². The first-order chi connectivity index (χ1) is 17.8. The number of rotatable bonds is 9. The number of nitrogens with one attached hydrogen (secondary N) is 1. The summed E-state index contributed by atoms with van der Waals surface area (Å²) in [6.07, 6.45) is 7.33. The van der Waals surface area contributed by atoms with E-state index in [1.807, 2.05) is 54.6 Å². The van der Waals surface area contributed by atoms with Gasteiger partial charge >= 0.3 is 0 Å². The van der Waals surface area contributed by atoms with E-state index in [1.165, 1.54) is 37.7 Å². The van der Waals surface area contributed by atoms with Crippen LogP contribution in [-0.2, 0) is 16.1 Å². The molecular formula is C32H38N2O2. The largest absolute Gasteiger partial charge is 0.372 e. The van der Waals surface area contributed by atoms with Crippen molar-refractivity contribution in [3.05, 3.63) is 108 Å². The molecule has 0 spiro atoms. The molecule has 3 aromatic carbocycles. The Labute approximate surface area is 215 Å². The van der Waals surface area contributed by atoms with Gasteiger partial charge in [-0.05, 0) is 41.9 Å². The standard InChI is InChI=1S/C32H38N2O2/c35-32(33-31(27-17-9-3-10-18-27)28-19-11-4-12-20-28)30-21-29(36-24-26-15-7-2-8-16-26)23-34(30)22-25-13-5-1-6-14-25/h2-4,7-12,15-20,25,29-31H,1,5-6,13-14,21-24H2,(H,33,35)/t29-,30+/m1/s1. The van der Waals surface area contributed by atoms with Crippen LogP contribution >= 0.6 is 0 Å². The van der Waals surface area contributed by atoms with E-state index >= 15 is 0 Å². The topological polar surface area (TPSA) is 41.6 Å². The van der Waals surface area contributed by atoms with E-state index in [1.54, 1.807) is 0 Å². The molecule has 4 heteroatoms. The van der Waals surface area contributed by atoms with Crippen LogP contribution in [0, 0.1) is 5.92 Å². The smallest absolute Gasteiger partial charge is 0.238 e. The second kappa shape index (κ2) is 12.3. The molecule has 0 unspecified atom stereocenters. The zero-order chi connectivity index (χ0) is 24.6. The number of nitrogens with zero attached hydrogens (tertiary/aromatic N) is 1. The SMILES string of the molecule is O=C(NC(c1ccccc1)c1ccccc1)[C@@H]1C[C@@H](OCc2ccccc2)CN1CC1CCCCC1. The summed E-state index contributed by atoms with van der Waals surface area (Å²) in [7, 11) is 0. The third kappa shape index (κ3) is 6.43. The van der Waals surface area contributed by atoms with E-state index in [2.05, 4.69) is 46.6 Å². The quantitative estimate of drug-likeness (QED) is 0.399. The first kappa shape index (κ1) is 24.7. The van der Waals surface area contributed by atoms with E-state index in [4.69, 9.17) is 4.74 Å². The molecule has 1 aliphatic carbocycles. The molecule has 1 aliphatic heterocycles. The number of benzene rings is 3. The van der Waals surface area contributed by atoms with Crippen LogP contribution in [0.5, 0.6) is 0 Å². The number of ether oxygens (including phenoxy) is 1. The Hall–Kier alpha value is -2.95. The summed E-state index contributed by atoms with van der Waals surface area (Å²) in [5.74, 6) is 0.787. The molecular weight excluding hydrogens is 444 g/mol. The van der Waals surface area contributed by atoms with Crippen LogP contribution < -0.4 is 5.32 Å². The molecule has 2 atom stereocenters. The molecule has 2 fully saturated rings. The number of hydrogen-bond donors (Lipinski definition) is 1. The van der Waals surface area contributed by atoms with Crippen molar-refractivity contribution in [2.75, 3.05) is 13.1 Å². The Kier molecular flexibility index (Phi) is 8.47. The van der Waals surface area contributed by atoms with Crippen molar-refractivity contribution in [1.29, 1.82) is 0 Å². The highest BCUT2D eigenvalue weighted by Gasteiger charge is 2.39. The van der Waals surface area contributed by atoms with E-state index in [0.717, 1.165) is 30.6 Å². The Balaban J connectivity index is 1.31. The highest BCUT2D eigenvalue weighted by atomic mass is 16.5. The van der Waals surface area contributed by atoms with E-state index in [9.17, 15) is 4.79 Å². The van der Waals surface area contributed by atoms with Crippen molar-refractivity contribution in [3.63, 3.8) is 0 Å². The summed E-state index contributed by atoms with van der Waals surface area (Å²) in [5, 5.41) is 3.42. The maximum absolute atomic E-state index is 13.9. The molecule has 1 N–H and O–H groups in total. The summed E-state index contributed by atoms with van der Waals surface area (Å²) in [6, 6.07) is 30.6. The first-order valence-corrected chi connectivity index (χ1v) is 13.6. The number of carbonyl (C=O) groups is 1. The predicted molar refractivity (Wildman–Crippen MR) is 144 cm³/mol. The van der Waals surface area contributed by atoms with Crippen molar-refractivity contribution in [1.82, 2.24) is 10.2 Å². The van der Waals surface area contributed by atoms with Crippen LogP contribution in [0.15, 0.2) is 91.0 Å². The van der Waals surface area contributed by atoms with Crippen LogP contribution in [0.2, 0.25) is 0 Å². The molecule has 0 radical (unpaired) electrons. The van der Waals surface area contributed by atoms with Gasteiger partial charge in [-0.1, -0.05) is 110 Å². The monoisotopic (exact) mass is 482 g/mol. The summed E-state index contributed by atoms with van der Waals surface area (Å²) >= 11 is 0. The van der Waals surface area contributed by atoms with Crippen LogP contribution in [0.25, 0.3) is 0 Å². The fourth-order valence-electron chi connectivity index (χ4n) is 5.84. The minimum atomic E-state index is -0.166. The molecule has 1 saturated carbocycles. The number of carbonyl (C=O) groups excluding carboxylic acids is 1. The molecule has 0 aromatic heterocycles. The molecule has 4 nitrogen and oxygen atoms in total. The normalized spacial score (nSPS) is 21.0. The van der Waals surface area contributed by atoms with Gasteiger partial charge in [0.2, 0.25) is 5.91 Å². The summed E-state index contributed by atoms with van der Waals surface area (Å²) in [4.78, 5) is 16.3. The average molecular weight is 483 g/mol.